The molecule has 94 valence electrons. The summed E-state index contributed by atoms with van der Waals surface area (Å²) in [6.07, 6.45) is 3.31. The van der Waals surface area contributed by atoms with Crippen LogP contribution < -0.4 is 10.0 Å². The Balaban J connectivity index is 2.40. The summed E-state index contributed by atoms with van der Waals surface area (Å²) in [6, 6.07) is 7.57. The van der Waals surface area contributed by atoms with Crippen molar-refractivity contribution >= 4 is 15.7 Å². The van der Waals surface area contributed by atoms with Crippen LogP contribution in [0.4, 0.5) is 5.69 Å². The average Bonchev–Trinajstić information content (AvgIpc) is 2.64. The third-order valence-electron chi connectivity index (χ3n) is 3.19. The molecule has 5 heteroatoms. The van der Waals surface area contributed by atoms with E-state index in [2.05, 4.69) is 17.0 Å². The van der Waals surface area contributed by atoms with E-state index in [0.717, 1.165) is 24.9 Å². The standard InChI is InChI=1S/C12H18N2O2S/c1-12(8-5-9-13-12)10-6-3-4-7-11(10)14-17(2,15)16/h3-4,6-7,13-14H,5,8-9H2,1-2H3. The molecule has 1 aromatic carbocycles. The molecule has 0 saturated carbocycles. The third kappa shape index (κ3) is 2.79. The summed E-state index contributed by atoms with van der Waals surface area (Å²) in [7, 11) is -3.23. The monoisotopic (exact) mass is 254 g/mol. The number of para-hydroxylation sites is 1. The number of hydrogen-bond donors (Lipinski definition) is 2. The highest BCUT2D eigenvalue weighted by Gasteiger charge is 2.32. The summed E-state index contributed by atoms with van der Waals surface area (Å²) in [5.74, 6) is 0. The molecule has 1 heterocycles. The summed E-state index contributed by atoms with van der Waals surface area (Å²) in [6.45, 7) is 3.09. The van der Waals surface area contributed by atoms with Crippen LogP contribution in [0, 0.1) is 0 Å². The molecule has 4 nitrogen and oxygen atoms in total. The number of anilines is 1. The van der Waals surface area contributed by atoms with Crippen LogP contribution in [0.1, 0.15) is 25.3 Å². The van der Waals surface area contributed by atoms with Crippen LogP contribution in [0.15, 0.2) is 24.3 Å². The molecule has 1 aromatic rings. The smallest absolute Gasteiger partial charge is 0.229 e. The summed E-state index contributed by atoms with van der Waals surface area (Å²) in [5.41, 5.74) is 1.56. The van der Waals surface area contributed by atoms with Gasteiger partial charge in [0.2, 0.25) is 10.0 Å². The van der Waals surface area contributed by atoms with E-state index in [9.17, 15) is 8.42 Å². The molecule has 1 aliphatic rings. The van der Waals surface area contributed by atoms with Crippen molar-refractivity contribution < 1.29 is 8.42 Å². The van der Waals surface area contributed by atoms with Crippen molar-refractivity contribution in [1.29, 1.82) is 0 Å². The Labute approximate surface area is 102 Å². The number of hydrogen-bond acceptors (Lipinski definition) is 3. The first-order valence-electron chi connectivity index (χ1n) is 5.73. The molecule has 0 aliphatic carbocycles. The van der Waals surface area contributed by atoms with E-state index < -0.39 is 10.0 Å². The highest BCUT2D eigenvalue weighted by molar-refractivity contribution is 7.92. The molecule has 0 amide bonds. The Morgan fingerprint density at radius 2 is 2.06 bits per heavy atom. The maximum atomic E-state index is 11.3. The minimum absolute atomic E-state index is 0.131. The number of nitrogens with one attached hydrogen (secondary N) is 2. The summed E-state index contributed by atoms with van der Waals surface area (Å²) >= 11 is 0. The molecule has 2 N–H and O–H groups in total. The van der Waals surface area contributed by atoms with Gasteiger partial charge in [-0.3, -0.25) is 4.72 Å². The Kier molecular flexibility index (Phi) is 3.14. The predicted octanol–water partition coefficient (Wildman–Crippen LogP) is 1.66. The molecule has 1 saturated heterocycles. The van der Waals surface area contributed by atoms with Gasteiger partial charge in [-0.2, -0.15) is 0 Å². The lowest BCUT2D eigenvalue weighted by molar-refractivity contribution is 0.436. The lowest BCUT2D eigenvalue weighted by Crippen LogP contribution is -2.34. The van der Waals surface area contributed by atoms with Crippen molar-refractivity contribution in [3.05, 3.63) is 29.8 Å². The topological polar surface area (TPSA) is 58.2 Å². The van der Waals surface area contributed by atoms with Gasteiger partial charge < -0.3 is 5.32 Å². The Morgan fingerprint density at radius 3 is 2.65 bits per heavy atom. The molecule has 2 rings (SSSR count). The van der Waals surface area contributed by atoms with E-state index in [-0.39, 0.29) is 5.54 Å². The molecule has 17 heavy (non-hydrogen) atoms. The van der Waals surface area contributed by atoms with Crippen molar-refractivity contribution in [2.24, 2.45) is 0 Å². The van der Waals surface area contributed by atoms with Crippen LogP contribution in [-0.4, -0.2) is 21.2 Å². The van der Waals surface area contributed by atoms with E-state index in [0.29, 0.717) is 5.69 Å². The fourth-order valence-electron chi connectivity index (χ4n) is 2.38. The molecule has 1 fully saturated rings. The van der Waals surface area contributed by atoms with Crippen molar-refractivity contribution in [2.75, 3.05) is 17.5 Å². The zero-order valence-electron chi connectivity index (χ0n) is 10.2. The second-order valence-corrected chi connectivity index (χ2v) is 6.53. The van der Waals surface area contributed by atoms with E-state index >= 15 is 0 Å². The first-order valence-corrected chi connectivity index (χ1v) is 7.62. The van der Waals surface area contributed by atoms with Gasteiger partial charge in [-0.15, -0.1) is 0 Å². The van der Waals surface area contributed by atoms with Gasteiger partial charge in [-0.25, -0.2) is 8.42 Å². The summed E-state index contributed by atoms with van der Waals surface area (Å²) in [5, 5.41) is 3.44. The molecular formula is C12H18N2O2S. The molecule has 0 aromatic heterocycles. The third-order valence-corrected chi connectivity index (χ3v) is 3.78. The van der Waals surface area contributed by atoms with Crippen LogP contribution in [-0.2, 0) is 15.6 Å². The molecule has 1 atom stereocenters. The minimum atomic E-state index is -3.23. The first-order chi connectivity index (χ1) is 7.91. The van der Waals surface area contributed by atoms with E-state index in [1.165, 1.54) is 6.26 Å². The molecular weight excluding hydrogens is 236 g/mol. The quantitative estimate of drug-likeness (QED) is 0.862. The van der Waals surface area contributed by atoms with Crippen LogP contribution in [0.3, 0.4) is 0 Å². The Hall–Kier alpha value is -1.07. The Morgan fingerprint density at radius 1 is 1.35 bits per heavy atom. The molecule has 0 radical (unpaired) electrons. The van der Waals surface area contributed by atoms with Gasteiger partial charge in [0.25, 0.3) is 0 Å². The molecule has 1 aliphatic heterocycles. The van der Waals surface area contributed by atoms with Gasteiger partial charge in [0.05, 0.1) is 11.9 Å². The molecule has 0 spiro atoms. The molecule has 0 bridgehead atoms. The Bertz CT molecular complexity index is 505. The highest BCUT2D eigenvalue weighted by atomic mass is 32.2. The van der Waals surface area contributed by atoms with Gasteiger partial charge in [-0.05, 0) is 37.9 Å². The number of sulfonamides is 1. The second kappa shape index (κ2) is 4.31. The van der Waals surface area contributed by atoms with Gasteiger partial charge in [0.15, 0.2) is 0 Å². The van der Waals surface area contributed by atoms with Crippen LogP contribution >= 0.6 is 0 Å². The first kappa shape index (κ1) is 12.4. The minimum Gasteiger partial charge on any atom is -0.308 e. The largest absolute Gasteiger partial charge is 0.308 e. The predicted molar refractivity (Wildman–Crippen MR) is 69.5 cm³/mol. The van der Waals surface area contributed by atoms with Gasteiger partial charge in [-0.1, -0.05) is 18.2 Å². The second-order valence-electron chi connectivity index (χ2n) is 4.78. The zero-order valence-corrected chi connectivity index (χ0v) is 11.0. The van der Waals surface area contributed by atoms with Crippen LogP contribution in [0.25, 0.3) is 0 Å². The van der Waals surface area contributed by atoms with Crippen molar-refractivity contribution in [2.45, 2.75) is 25.3 Å². The average molecular weight is 254 g/mol. The van der Waals surface area contributed by atoms with E-state index in [1.54, 1.807) is 0 Å². The maximum Gasteiger partial charge on any atom is 0.229 e. The normalized spacial score (nSPS) is 24.8. The highest BCUT2D eigenvalue weighted by Crippen LogP contribution is 2.35. The molecule has 1 unspecified atom stereocenters. The van der Waals surface area contributed by atoms with Crippen LogP contribution in [0.5, 0.6) is 0 Å². The maximum absolute atomic E-state index is 11.3. The van der Waals surface area contributed by atoms with E-state index in [4.69, 9.17) is 0 Å². The van der Waals surface area contributed by atoms with Crippen molar-refractivity contribution in [1.82, 2.24) is 5.32 Å². The summed E-state index contributed by atoms with van der Waals surface area (Å²) in [4.78, 5) is 0. The van der Waals surface area contributed by atoms with Gasteiger partial charge in [0, 0.05) is 5.54 Å². The van der Waals surface area contributed by atoms with Crippen LogP contribution in [0.2, 0.25) is 0 Å². The van der Waals surface area contributed by atoms with Gasteiger partial charge in [0.1, 0.15) is 0 Å². The van der Waals surface area contributed by atoms with Crippen molar-refractivity contribution in [3.63, 3.8) is 0 Å². The number of rotatable bonds is 3. The SMILES string of the molecule is CC1(c2ccccc2NS(C)(=O)=O)CCCN1. The lowest BCUT2D eigenvalue weighted by Gasteiger charge is -2.27. The van der Waals surface area contributed by atoms with Gasteiger partial charge >= 0.3 is 0 Å². The van der Waals surface area contributed by atoms with E-state index in [1.807, 2.05) is 24.3 Å². The lowest BCUT2D eigenvalue weighted by atomic mass is 9.89. The fraction of sp³-hybridized carbons (Fsp3) is 0.500. The number of benzene rings is 1. The zero-order chi connectivity index (χ0) is 12.5. The fourth-order valence-corrected chi connectivity index (χ4v) is 2.95. The van der Waals surface area contributed by atoms with Crippen molar-refractivity contribution in [3.8, 4) is 0 Å². The summed E-state index contributed by atoms with van der Waals surface area (Å²) < 4.78 is 25.3.